The predicted octanol–water partition coefficient (Wildman–Crippen LogP) is 3.95. The minimum absolute atomic E-state index is 0.0117. The number of aromatic nitrogens is 5. The summed E-state index contributed by atoms with van der Waals surface area (Å²) in [6.45, 7) is 3.11. The van der Waals surface area contributed by atoms with Gasteiger partial charge in [-0.25, -0.2) is 9.97 Å². The Balaban J connectivity index is 1.21. The van der Waals surface area contributed by atoms with Crippen LogP contribution in [0.15, 0.2) is 55.0 Å². The molecule has 228 valence electrons. The van der Waals surface area contributed by atoms with E-state index in [2.05, 4.69) is 42.2 Å². The van der Waals surface area contributed by atoms with Gasteiger partial charge in [0.15, 0.2) is 5.82 Å². The lowest BCUT2D eigenvalue weighted by Gasteiger charge is -2.27. The van der Waals surface area contributed by atoms with Crippen LogP contribution in [-0.4, -0.2) is 73.7 Å². The number of pyridine rings is 2. The average molecular weight is 602 g/mol. The van der Waals surface area contributed by atoms with Crippen molar-refractivity contribution in [1.82, 2.24) is 29.0 Å². The number of amides is 1. The van der Waals surface area contributed by atoms with E-state index in [9.17, 15) is 10.1 Å². The molecule has 1 aliphatic carbocycles. The van der Waals surface area contributed by atoms with Gasteiger partial charge in [-0.3, -0.25) is 9.78 Å². The second-order valence-electron chi connectivity index (χ2n) is 12.7. The molecule has 4 aromatic heterocycles. The van der Waals surface area contributed by atoms with Gasteiger partial charge in [0.2, 0.25) is 0 Å². The van der Waals surface area contributed by atoms with Crippen molar-refractivity contribution in [3.05, 3.63) is 66.1 Å². The number of nitrogens with two attached hydrogens (primary N) is 1. The summed E-state index contributed by atoms with van der Waals surface area (Å²) >= 11 is 0. The predicted molar refractivity (Wildman–Crippen MR) is 171 cm³/mol. The number of imidazole rings is 1. The molecular weight excluding hydrogens is 566 g/mol. The summed E-state index contributed by atoms with van der Waals surface area (Å²) in [5, 5.41) is 10.4. The molecule has 1 amide bonds. The van der Waals surface area contributed by atoms with Crippen LogP contribution in [0.4, 0.5) is 5.69 Å². The van der Waals surface area contributed by atoms with Crippen molar-refractivity contribution in [3.63, 3.8) is 0 Å². The third-order valence-corrected chi connectivity index (χ3v) is 10.1. The van der Waals surface area contributed by atoms with Crippen molar-refractivity contribution in [2.75, 3.05) is 31.6 Å². The second kappa shape index (κ2) is 10.6. The van der Waals surface area contributed by atoms with Gasteiger partial charge in [0.1, 0.15) is 23.0 Å². The van der Waals surface area contributed by atoms with E-state index >= 15 is 0 Å². The first kappa shape index (κ1) is 27.6. The third kappa shape index (κ3) is 4.43. The Morgan fingerprint density at radius 2 is 2.04 bits per heavy atom. The number of fused-ring (bicyclic) bond motifs is 4. The highest BCUT2D eigenvalue weighted by atomic mass is 16.5. The zero-order chi connectivity index (χ0) is 30.8. The van der Waals surface area contributed by atoms with Crippen LogP contribution < -0.4 is 15.4 Å². The zero-order valence-electron chi connectivity index (χ0n) is 25.4. The molecule has 2 bridgehead atoms. The molecule has 5 aromatic rings. The molecule has 8 rings (SSSR count). The van der Waals surface area contributed by atoms with E-state index in [4.69, 9.17) is 15.5 Å². The molecule has 6 heterocycles. The lowest BCUT2D eigenvalue weighted by Crippen LogP contribution is -2.41. The van der Waals surface area contributed by atoms with Gasteiger partial charge in [0.05, 0.1) is 35.8 Å². The first-order valence-corrected chi connectivity index (χ1v) is 15.6. The van der Waals surface area contributed by atoms with E-state index in [0.29, 0.717) is 41.8 Å². The fourth-order valence-corrected chi connectivity index (χ4v) is 7.84. The molecule has 45 heavy (non-hydrogen) atoms. The minimum atomic E-state index is -0.0117. The summed E-state index contributed by atoms with van der Waals surface area (Å²) in [5.74, 6) is 2.11. The largest absolute Gasteiger partial charge is 0.494 e. The van der Waals surface area contributed by atoms with E-state index < -0.39 is 0 Å². The van der Waals surface area contributed by atoms with Crippen LogP contribution in [0.2, 0.25) is 0 Å². The van der Waals surface area contributed by atoms with Crippen LogP contribution in [0, 0.1) is 23.2 Å². The van der Waals surface area contributed by atoms with Gasteiger partial charge in [-0.2, -0.15) is 5.26 Å². The molecule has 4 atom stereocenters. The van der Waals surface area contributed by atoms with E-state index in [-0.39, 0.29) is 18.0 Å². The van der Waals surface area contributed by atoms with Gasteiger partial charge in [0.25, 0.3) is 5.91 Å². The number of hydrogen-bond acceptors (Lipinski definition) is 8. The number of carbonyl (C=O) groups is 1. The fraction of sp³-hybridized carbons (Fsp3) is 0.382. The van der Waals surface area contributed by atoms with Gasteiger partial charge < -0.3 is 29.4 Å². The van der Waals surface area contributed by atoms with Crippen molar-refractivity contribution in [2.45, 2.75) is 37.9 Å². The average Bonchev–Trinajstić information content (AvgIpc) is 3.90. The molecule has 0 radical (unpaired) electrons. The lowest BCUT2D eigenvalue weighted by atomic mass is 10.1. The number of aryl methyl sites for hydroxylation is 1. The lowest BCUT2D eigenvalue weighted by molar-refractivity contribution is 0.0700. The number of nitriles is 1. The number of rotatable bonds is 6. The Bertz CT molecular complexity index is 2010. The molecule has 3 fully saturated rings. The number of nitrogens with zero attached hydrogens (tertiary/aromatic N) is 8. The number of benzene rings is 1. The highest BCUT2D eigenvalue weighted by molar-refractivity contribution is 6.00. The number of hydrogen-bond donors (Lipinski definition) is 1. The monoisotopic (exact) mass is 601 g/mol. The third-order valence-electron chi connectivity index (χ3n) is 10.1. The summed E-state index contributed by atoms with van der Waals surface area (Å²) in [6, 6.07) is 14.1. The topological polar surface area (TPSA) is 131 Å². The normalized spacial score (nSPS) is 22.5. The Morgan fingerprint density at radius 3 is 2.80 bits per heavy atom. The SMILES string of the molecule is COc1cc(C(=O)N2C[C@H]3CC[C@@H]2[C@@H]3N)cc2nc(-c3cc4cccnc4n3C)n(C[C@H]3CCN(c4cncc(C#N)c4)C3)c12. The maximum atomic E-state index is 13.9. The molecule has 11 heteroatoms. The number of methoxy groups -OCH3 is 1. The summed E-state index contributed by atoms with van der Waals surface area (Å²) in [7, 11) is 3.67. The van der Waals surface area contributed by atoms with Crippen LogP contribution in [0.3, 0.4) is 0 Å². The number of likely N-dealkylation sites (tertiary alicyclic amines) is 1. The van der Waals surface area contributed by atoms with Crippen molar-refractivity contribution >= 4 is 33.7 Å². The molecule has 0 unspecified atom stereocenters. The van der Waals surface area contributed by atoms with Crippen LogP contribution in [0.1, 0.15) is 35.2 Å². The Morgan fingerprint density at radius 1 is 1.16 bits per heavy atom. The maximum Gasteiger partial charge on any atom is 0.254 e. The van der Waals surface area contributed by atoms with Gasteiger partial charge in [-0.15, -0.1) is 0 Å². The van der Waals surface area contributed by atoms with Gasteiger partial charge in [0, 0.05) is 68.7 Å². The summed E-state index contributed by atoms with van der Waals surface area (Å²) in [4.78, 5) is 32.2. The van der Waals surface area contributed by atoms with Crippen molar-refractivity contribution in [1.29, 1.82) is 5.26 Å². The molecule has 2 aliphatic heterocycles. The molecule has 3 aliphatic rings. The first-order valence-electron chi connectivity index (χ1n) is 15.6. The summed E-state index contributed by atoms with van der Waals surface area (Å²) in [6.07, 6.45) is 8.24. The Hall–Kier alpha value is -4.95. The molecule has 2 N–H and O–H groups in total. The molecule has 0 spiro atoms. The van der Waals surface area contributed by atoms with E-state index in [1.165, 1.54) is 0 Å². The smallest absolute Gasteiger partial charge is 0.254 e. The maximum absolute atomic E-state index is 13.9. The number of anilines is 1. The molecule has 2 saturated heterocycles. The minimum Gasteiger partial charge on any atom is -0.494 e. The fourth-order valence-electron chi connectivity index (χ4n) is 7.84. The van der Waals surface area contributed by atoms with E-state index in [1.807, 2.05) is 42.4 Å². The molecule has 1 aromatic carbocycles. The molecule has 11 nitrogen and oxygen atoms in total. The van der Waals surface area contributed by atoms with E-state index in [0.717, 1.165) is 71.6 Å². The summed E-state index contributed by atoms with van der Waals surface area (Å²) < 4.78 is 10.3. The highest BCUT2D eigenvalue weighted by Crippen LogP contribution is 2.40. The van der Waals surface area contributed by atoms with Crippen molar-refractivity contribution in [2.24, 2.45) is 24.6 Å². The quantitative estimate of drug-likeness (QED) is 0.310. The first-order chi connectivity index (χ1) is 21.9. The standard InChI is InChI=1S/C34H35N9O2/c1-40-28(12-22-4-3-8-38-32(22)40)33-39-26-11-24(34(44)42-19-23-5-6-27(42)30(23)36)13-29(45-2)31(26)43(33)18-20-7-9-41(17-20)25-10-21(14-35)15-37-16-25/h3-4,8,10-13,15-16,20,23,27,30H,5-7,9,17-19,36H2,1-2H3/t20-,23+,27+,30+/m0/s1. The zero-order valence-corrected chi connectivity index (χ0v) is 25.4. The molecule has 1 saturated carbocycles. The van der Waals surface area contributed by atoms with Crippen molar-refractivity contribution < 1.29 is 9.53 Å². The van der Waals surface area contributed by atoms with Gasteiger partial charge in [-0.05, 0) is 67.5 Å². The highest BCUT2D eigenvalue weighted by Gasteiger charge is 2.47. The number of carbonyl (C=O) groups excluding carboxylic acids is 1. The van der Waals surface area contributed by atoms with Crippen LogP contribution >= 0.6 is 0 Å². The second-order valence-corrected chi connectivity index (χ2v) is 12.7. The number of piperidine rings is 1. The Labute approximate surface area is 260 Å². The number of ether oxygens (including phenoxy) is 1. The Kier molecular flexibility index (Phi) is 6.50. The van der Waals surface area contributed by atoms with Gasteiger partial charge >= 0.3 is 0 Å². The summed E-state index contributed by atoms with van der Waals surface area (Å²) in [5.41, 5.74) is 12.0. The van der Waals surface area contributed by atoms with Crippen LogP contribution in [0.25, 0.3) is 33.6 Å². The van der Waals surface area contributed by atoms with Crippen LogP contribution in [0.5, 0.6) is 5.75 Å². The van der Waals surface area contributed by atoms with Crippen molar-refractivity contribution in [3.8, 4) is 23.3 Å². The molecular formula is C34H35N9O2. The van der Waals surface area contributed by atoms with Crippen LogP contribution in [-0.2, 0) is 13.6 Å². The van der Waals surface area contributed by atoms with E-state index in [1.54, 1.807) is 19.5 Å². The van der Waals surface area contributed by atoms with Gasteiger partial charge in [-0.1, -0.05) is 0 Å².